The van der Waals surface area contributed by atoms with E-state index < -0.39 is 0 Å². The standard InChI is InChI=1S/C29H24ClN7O/c30-25-17-9-7-12-22(25)20-38-26-18-10-8-11-21(26)19-31-37-29-35-27(32-23-13-3-1-4-14-23)34-28(36-29)33-24-15-5-2-6-16-24/h1-19H,20H2,(H3,32,33,34,35,36,37)/b31-19+. The molecule has 0 aliphatic heterocycles. The van der Waals surface area contributed by atoms with Crippen molar-refractivity contribution in [2.75, 3.05) is 16.1 Å². The summed E-state index contributed by atoms with van der Waals surface area (Å²) in [7, 11) is 0. The lowest BCUT2D eigenvalue weighted by atomic mass is 10.2. The Bertz CT molecular complexity index is 1450. The van der Waals surface area contributed by atoms with Crippen LogP contribution in [0.2, 0.25) is 5.02 Å². The number of hydrogen-bond donors (Lipinski definition) is 3. The highest BCUT2D eigenvalue weighted by atomic mass is 35.5. The molecule has 1 aromatic heterocycles. The Morgan fingerprint density at radius 2 is 1.21 bits per heavy atom. The lowest BCUT2D eigenvalue weighted by Crippen LogP contribution is -2.07. The molecule has 0 atom stereocenters. The minimum absolute atomic E-state index is 0.266. The van der Waals surface area contributed by atoms with E-state index in [1.165, 1.54) is 0 Å². The van der Waals surface area contributed by atoms with Gasteiger partial charge in [-0.25, -0.2) is 5.43 Å². The fourth-order valence-electron chi connectivity index (χ4n) is 3.49. The molecule has 0 aliphatic carbocycles. The predicted molar refractivity (Wildman–Crippen MR) is 153 cm³/mol. The molecule has 38 heavy (non-hydrogen) atoms. The topological polar surface area (TPSA) is 96.4 Å². The average molecular weight is 522 g/mol. The summed E-state index contributed by atoms with van der Waals surface area (Å²) >= 11 is 6.26. The monoisotopic (exact) mass is 521 g/mol. The van der Waals surface area contributed by atoms with Gasteiger partial charge in [-0.2, -0.15) is 20.1 Å². The van der Waals surface area contributed by atoms with Crippen LogP contribution in [0.25, 0.3) is 0 Å². The molecular formula is C29H24ClN7O. The van der Waals surface area contributed by atoms with Crippen molar-refractivity contribution in [3.8, 4) is 5.75 Å². The maximum absolute atomic E-state index is 6.26. The number of para-hydroxylation sites is 3. The van der Waals surface area contributed by atoms with E-state index in [2.05, 4.69) is 36.1 Å². The maximum atomic E-state index is 6.26. The summed E-state index contributed by atoms with van der Waals surface area (Å²) in [6, 6.07) is 34.5. The van der Waals surface area contributed by atoms with Gasteiger partial charge in [0.05, 0.1) is 6.21 Å². The van der Waals surface area contributed by atoms with Crippen LogP contribution in [-0.4, -0.2) is 21.2 Å². The predicted octanol–water partition coefficient (Wildman–Crippen LogP) is 7.04. The number of anilines is 5. The average Bonchev–Trinajstić information content (AvgIpc) is 2.94. The van der Waals surface area contributed by atoms with Crippen LogP contribution >= 0.6 is 11.6 Å². The molecule has 0 unspecified atom stereocenters. The van der Waals surface area contributed by atoms with Crippen LogP contribution < -0.4 is 20.8 Å². The fraction of sp³-hybridized carbons (Fsp3) is 0.0345. The van der Waals surface area contributed by atoms with Crippen LogP contribution in [0.15, 0.2) is 114 Å². The quantitative estimate of drug-likeness (QED) is 0.134. The summed E-state index contributed by atoms with van der Waals surface area (Å²) in [5.41, 5.74) is 6.29. The number of hydrogen-bond acceptors (Lipinski definition) is 8. The van der Waals surface area contributed by atoms with Gasteiger partial charge in [-0.1, -0.05) is 78.3 Å². The van der Waals surface area contributed by atoms with Crippen molar-refractivity contribution in [3.63, 3.8) is 0 Å². The van der Waals surface area contributed by atoms with E-state index in [9.17, 15) is 0 Å². The molecule has 9 heteroatoms. The fourth-order valence-corrected chi connectivity index (χ4v) is 3.68. The SMILES string of the molecule is Clc1ccccc1COc1ccccc1/C=N/Nc1nc(Nc2ccccc2)nc(Nc2ccccc2)n1. The summed E-state index contributed by atoms with van der Waals surface area (Å²) in [6.45, 7) is 0.342. The molecule has 0 saturated carbocycles. The molecule has 5 aromatic rings. The number of rotatable bonds is 10. The number of halogens is 1. The summed E-state index contributed by atoms with van der Waals surface area (Å²) in [5, 5.41) is 11.4. The molecule has 0 fully saturated rings. The molecule has 0 aliphatic rings. The highest BCUT2D eigenvalue weighted by Crippen LogP contribution is 2.22. The number of ether oxygens (including phenoxy) is 1. The Balaban J connectivity index is 1.33. The lowest BCUT2D eigenvalue weighted by Gasteiger charge is -2.11. The normalized spacial score (nSPS) is 10.8. The second-order valence-electron chi connectivity index (χ2n) is 8.08. The van der Waals surface area contributed by atoms with E-state index in [0.717, 1.165) is 22.5 Å². The molecule has 0 saturated heterocycles. The van der Waals surface area contributed by atoms with Gasteiger partial charge < -0.3 is 15.4 Å². The minimum Gasteiger partial charge on any atom is -0.488 e. The van der Waals surface area contributed by atoms with Gasteiger partial charge in [-0.05, 0) is 42.5 Å². The smallest absolute Gasteiger partial charge is 0.250 e. The minimum atomic E-state index is 0.266. The van der Waals surface area contributed by atoms with Crippen molar-refractivity contribution in [1.82, 2.24) is 15.0 Å². The van der Waals surface area contributed by atoms with E-state index in [1.54, 1.807) is 6.21 Å². The van der Waals surface area contributed by atoms with Gasteiger partial charge in [0, 0.05) is 27.5 Å². The summed E-state index contributed by atoms with van der Waals surface area (Å²) in [6.07, 6.45) is 1.65. The van der Waals surface area contributed by atoms with Crippen molar-refractivity contribution in [2.45, 2.75) is 6.61 Å². The molecule has 0 bridgehead atoms. The van der Waals surface area contributed by atoms with Gasteiger partial charge in [0.15, 0.2) is 0 Å². The van der Waals surface area contributed by atoms with Crippen LogP contribution in [0, 0.1) is 0 Å². The Morgan fingerprint density at radius 3 is 1.87 bits per heavy atom. The first-order chi connectivity index (χ1) is 18.7. The third-order valence-corrected chi connectivity index (χ3v) is 5.69. The number of nitrogens with zero attached hydrogens (tertiary/aromatic N) is 4. The molecular weight excluding hydrogens is 498 g/mol. The van der Waals surface area contributed by atoms with E-state index in [1.807, 2.05) is 109 Å². The van der Waals surface area contributed by atoms with E-state index in [0.29, 0.717) is 29.3 Å². The van der Waals surface area contributed by atoms with Gasteiger partial charge in [-0.15, -0.1) is 0 Å². The van der Waals surface area contributed by atoms with Gasteiger partial charge in [0.1, 0.15) is 12.4 Å². The highest BCUT2D eigenvalue weighted by molar-refractivity contribution is 6.31. The molecule has 8 nitrogen and oxygen atoms in total. The summed E-state index contributed by atoms with van der Waals surface area (Å²) in [4.78, 5) is 13.4. The van der Waals surface area contributed by atoms with Crippen molar-refractivity contribution in [1.29, 1.82) is 0 Å². The molecule has 3 N–H and O–H groups in total. The Hall–Kier alpha value is -4.95. The maximum Gasteiger partial charge on any atom is 0.250 e. The van der Waals surface area contributed by atoms with Crippen LogP contribution in [0.5, 0.6) is 5.75 Å². The molecule has 5 rings (SSSR count). The van der Waals surface area contributed by atoms with Crippen molar-refractivity contribution < 1.29 is 4.74 Å². The highest BCUT2D eigenvalue weighted by Gasteiger charge is 2.08. The van der Waals surface area contributed by atoms with Crippen LogP contribution in [0.3, 0.4) is 0 Å². The Kier molecular flexibility index (Phi) is 8.03. The van der Waals surface area contributed by atoms with E-state index in [-0.39, 0.29) is 5.95 Å². The first kappa shape index (κ1) is 24.7. The zero-order valence-corrected chi connectivity index (χ0v) is 21.0. The van der Waals surface area contributed by atoms with E-state index >= 15 is 0 Å². The zero-order valence-electron chi connectivity index (χ0n) is 20.3. The van der Waals surface area contributed by atoms with Crippen molar-refractivity contribution >= 4 is 47.0 Å². The Labute approximate surface area is 225 Å². The lowest BCUT2D eigenvalue weighted by molar-refractivity contribution is 0.306. The molecule has 0 radical (unpaired) electrons. The molecule has 188 valence electrons. The molecule has 0 amide bonds. The van der Waals surface area contributed by atoms with Gasteiger partial charge in [0.25, 0.3) is 0 Å². The summed E-state index contributed by atoms with van der Waals surface area (Å²) in [5.74, 6) is 1.67. The second-order valence-corrected chi connectivity index (χ2v) is 8.48. The zero-order chi connectivity index (χ0) is 26.0. The van der Waals surface area contributed by atoms with Crippen LogP contribution in [-0.2, 0) is 6.61 Å². The third-order valence-electron chi connectivity index (χ3n) is 5.32. The van der Waals surface area contributed by atoms with Crippen molar-refractivity contribution in [3.05, 3.63) is 125 Å². The van der Waals surface area contributed by atoms with Crippen molar-refractivity contribution in [2.24, 2.45) is 5.10 Å². The molecule has 4 aromatic carbocycles. The largest absolute Gasteiger partial charge is 0.488 e. The first-order valence-electron chi connectivity index (χ1n) is 11.9. The molecule has 0 spiro atoms. The van der Waals surface area contributed by atoms with Crippen LogP contribution in [0.1, 0.15) is 11.1 Å². The third kappa shape index (κ3) is 6.83. The number of nitrogens with one attached hydrogen (secondary N) is 3. The molecule has 1 heterocycles. The Morgan fingerprint density at radius 1 is 0.658 bits per heavy atom. The van der Waals surface area contributed by atoms with Gasteiger partial charge >= 0.3 is 0 Å². The second kappa shape index (κ2) is 12.3. The number of hydrazone groups is 1. The van der Waals surface area contributed by atoms with Gasteiger partial charge in [-0.3, -0.25) is 0 Å². The van der Waals surface area contributed by atoms with Gasteiger partial charge in [0.2, 0.25) is 17.8 Å². The number of aromatic nitrogens is 3. The summed E-state index contributed by atoms with van der Waals surface area (Å²) < 4.78 is 6.01. The first-order valence-corrected chi connectivity index (χ1v) is 12.3. The number of benzene rings is 4. The van der Waals surface area contributed by atoms with E-state index in [4.69, 9.17) is 16.3 Å². The van der Waals surface area contributed by atoms with Crippen LogP contribution in [0.4, 0.5) is 29.2 Å².